The summed E-state index contributed by atoms with van der Waals surface area (Å²) in [5.41, 5.74) is 1.94. The number of benzene rings is 1. The molecule has 0 aliphatic carbocycles. The van der Waals surface area contributed by atoms with Crippen LogP contribution in [0.15, 0.2) is 22.7 Å². The maximum atomic E-state index is 12.2. The topological polar surface area (TPSA) is 38.3 Å². The van der Waals surface area contributed by atoms with Gasteiger partial charge in [-0.2, -0.15) is 0 Å². The minimum Gasteiger partial charge on any atom is -0.381 e. The first kappa shape index (κ1) is 14.5. The first-order chi connectivity index (χ1) is 9.08. The van der Waals surface area contributed by atoms with Gasteiger partial charge in [0.05, 0.1) is 5.56 Å². The average Bonchev–Trinajstić information content (AvgIpc) is 2.39. The summed E-state index contributed by atoms with van der Waals surface area (Å²) in [6, 6.07) is 6.18. The molecular formula is C15H20BrNO2. The van der Waals surface area contributed by atoms with Crippen molar-refractivity contribution < 1.29 is 9.53 Å². The molecule has 1 amide bonds. The van der Waals surface area contributed by atoms with E-state index in [1.54, 1.807) is 0 Å². The third kappa shape index (κ3) is 3.80. The maximum Gasteiger partial charge on any atom is 0.252 e. The first-order valence-corrected chi connectivity index (χ1v) is 7.55. The van der Waals surface area contributed by atoms with E-state index in [1.165, 1.54) is 5.56 Å². The lowest BCUT2D eigenvalue weighted by Gasteiger charge is -2.23. The quantitative estimate of drug-likeness (QED) is 0.923. The van der Waals surface area contributed by atoms with E-state index in [0.717, 1.165) is 30.5 Å². The van der Waals surface area contributed by atoms with Crippen LogP contribution in [-0.2, 0) is 4.74 Å². The maximum absolute atomic E-state index is 12.2. The van der Waals surface area contributed by atoms with E-state index in [-0.39, 0.29) is 11.9 Å². The molecule has 1 heterocycles. The number of amides is 1. The molecule has 1 aliphatic heterocycles. The van der Waals surface area contributed by atoms with E-state index >= 15 is 0 Å². The highest BCUT2D eigenvalue weighted by molar-refractivity contribution is 9.10. The predicted octanol–water partition coefficient (Wildman–Crippen LogP) is 3.48. The molecule has 1 fully saturated rings. The number of carbonyl (C=O) groups excluding carboxylic acids is 1. The van der Waals surface area contributed by atoms with Gasteiger partial charge in [-0.3, -0.25) is 4.79 Å². The Morgan fingerprint density at radius 1 is 1.37 bits per heavy atom. The first-order valence-electron chi connectivity index (χ1n) is 6.76. The summed E-state index contributed by atoms with van der Waals surface area (Å²) in [4.78, 5) is 12.2. The summed E-state index contributed by atoms with van der Waals surface area (Å²) in [5.74, 6) is 0.456. The van der Waals surface area contributed by atoms with Gasteiger partial charge in [0.15, 0.2) is 0 Å². The number of carbonyl (C=O) groups is 1. The van der Waals surface area contributed by atoms with Crippen LogP contribution in [0.5, 0.6) is 0 Å². The van der Waals surface area contributed by atoms with E-state index in [9.17, 15) is 4.79 Å². The van der Waals surface area contributed by atoms with Gasteiger partial charge in [-0.1, -0.05) is 19.9 Å². The number of hydrogen-bond donors (Lipinski definition) is 1. The minimum atomic E-state index is -0.00548. The zero-order chi connectivity index (χ0) is 13.8. The van der Waals surface area contributed by atoms with Gasteiger partial charge in [-0.15, -0.1) is 0 Å². The minimum absolute atomic E-state index is 0.00548. The van der Waals surface area contributed by atoms with E-state index in [4.69, 9.17) is 4.74 Å². The van der Waals surface area contributed by atoms with Gasteiger partial charge >= 0.3 is 0 Å². The second-order valence-electron chi connectivity index (χ2n) is 5.25. The largest absolute Gasteiger partial charge is 0.381 e. The molecule has 1 aliphatic rings. The average molecular weight is 326 g/mol. The number of halogens is 1. The monoisotopic (exact) mass is 325 g/mol. The molecule has 4 heteroatoms. The fraction of sp³-hybridized carbons (Fsp3) is 0.533. The van der Waals surface area contributed by atoms with Crippen molar-refractivity contribution in [3.8, 4) is 0 Å². The fourth-order valence-electron chi connectivity index (χ4n) is 2.18. The Morgan fingerprint density at radius 3 is 2.63 bits per heavy atom. The number of nitrogens with one attached hydrogen (secondary N) is 1. The highest BCUT2D eigenvalue weighted by atomic mass is 79.9. The summed E-state index contributed by atoms with van der Waals surface area (Å²) in [7, 11) is 0. The number of rotatable bonds is 3. The van der Waals surface area contributed by atoms with Gasteiger partial charge in [-0.05, 0) is 52.4 Å². The predicted molar refractivity (Wildman–Crippen MR) is 79.5 cm³/mol. The Balaban J connectivity index is 2.06. The second kappa shape index (κ2) is 6.53. The molecule has 1 aromatic carbocycles. The molecule has 0 spiro atoms. The van der Waals surface area contributed by atoms with Crippen molar-refractivity contribution in [3.63, 3.8) is 0 Å². The molecule has 0 aromatic heterocycles. The Bertz CT molecular complexity index is 453. The Hall–Kier alpha value is -0.870. The van der Waals surface area contributed by atoms with E-state index in [0.29, 0.717) is 11.5 Å². The molecule has 104 valence electrons. The van der Waals surface area contributed by atoms with E-state index in [1.807, 2.05) is 18.2 Å². The van der Waals surface area contributed by atoms with Crippen LogP contribution in [0.3, 0.4) is 0 Å². The van der Waals surface area contributed by atoms with Crippen LogP contribution in [-0.4, -0.2) is 25.2 Å². The molecule has 0 saturated carbocycles. The van der Waals surface area contributed by atoms with Gasteiger partial charge in [0.1, 0.15) is 0 Å². The molecule has 0 unspecified atom stereocenters. The molecule has 0 bridgehead atoms. The lowest BCUT2D eigenvalue weighted by molar-refractivity contribution is 0.0696. The summed E-state index contributed by atoms with van der Waals surface area (Å²) in [5, 5.41) is 3.08. The number of ether oxygens (including phenoxy) is 1. The van der Waals surface area contributed by atoms with Gasteiger partial charge in [-0.25, -0.2) is 0 Å². The molecule has 0 radical (unpaired) electrons. The number of hydrogen-bond acceptors (Lipinski definition) is 2. The van der Waals surface area contributed by atoms with Crippen LogP contribution in [0.1, 0.15) is 48.5 Å². The third-order valence-corrected chi connectivity index (χ3v) is 4.12. The van der Waals surface area contributed by atoms with E-state index < -0.39 is 0 Å². The van der Waals surface area contributed by atoms with Crippen molar-refractivity contribution in [3.05, 3.63) is 33.8 Å². The standard InChI is InChI=1S/C15H20BrNO2/c1-10(2)11-3-4-13(14(16)9-11)15(18)17-12-5-7-19-8-6-12/h3-4,9-10,12H,5-8H2,1-2H3,(H,17,18). The summed E-state index contributed by atoms with van der Waals surface area (Å²) < 4.78 is 6.16. The Morgan fingerprint density at radius 2 is 2.05 bits per heavy atom. The molecule has 1 saturated heterocycles. The molecule has 1 N–H and O–H groups in total. The van der Waals surface area contributed by atoms with Gasteiger partial charge in [0.25, 0.3) is 5.91 Å². The van der Waals surface area contributed by atoms with Crippen LogP contribution >= 0.6 is 15.9 Å². The molecule has 1 aromatic rings. The van der Waals surface area contributed by atoms with E-state index in [2.05, 4.69) is 35.1 Å². The lowest BCUT2D eigenvalue weighted by atomic mass is 10.0. The molecule has 2 rings (SSSR count). The van der Waals surface area contributed by atoms with Crippen LogP contribution < -0.4 is 5.32 Å². The Kier molecular flexibility index (Phi) is 4.99. The molecule has 0 atom stereocenters. The smallest absolute Gasteiger partial charge is 0.252 e. The fourth-order valence-corrected chi connectivity index (χ4v) is 2.76. The summed E-state index contributed by atoms with van der Waals surface area (Å²) >= 11 is 3.50. The van der Waals surface area contributed by atoms with Crippen LogP contribution in [0.2, 0.25) is 0 Å². The zero-order valence-corrected chi connectivity index (χ0v) is 13.0. The summed E-state index contributed by atoms with van der Waals surface area (Å²) in [6.45, 7) is 5.75. The van der Waals surface area contributed by atoms with Gasteiger partial charge in [0.2, 0.25) is 0 Å². The Labute approximate surface area is 122 Å². The van der Waals surface area contributed by atoms with Crippen molar-refractivity contribution in [2.75, 3.05) is 13.2 Å². The van der Waals surface area contributed by atoms with Crippen molar-refractivity contribution in [2.45, 2.75) is 38.6 Å². The highest BCUT2D eigenvalue weighted by Crippen LogP contribution is 2.23. The van der Waals surface area contributed by atoms with Crippen LogP contribution in [0.4, 0.5) is 0 Å². The normalized spacial score (nSPS) is 16.6. The zero-order valence-electron chi connectivity index (χ0n) is 11.4. The highest BCUT2D eigenvalue weighted by Gasteiger charge is 2.18. The van der Waals surface area contributed by atoms with Crippen molar-refractivity contribution in [1.29, 1.82) is 0 Å². The second-order valence-corrected chi connectivity index (χ2v) is 6.11. The van der Waals surface area contributed by atoms with Crippen molar-refractivity contribution in [2.24, 2.45) is 0 Å². The van der Waals surface area contributed by atoms with Crippen LogP contribution in [0.25, 0.3) is 0 Å². The van der Waals surface area contributed by atoms with Gasteiger partial charge < -0.3 is 10.1 Å². The van der Waals surface area contributed by atoms with Crippen LogP contribution in [0, 0.1) is 0 Å². The van der Waals surface area contributed by atoms with Gasteiger partial charge in [0, 0.05) is 23.7 Å². The molecular weight excluding hydrogens is 306 g/mol. The summed E-state index contributed by atoms with van der Waals surface area (Å²) in [6.07, 6.45) is 1.79. The lowest BCUT2D eigenvalue weighted by Crippen LogP contribution is -2.39. The molecule has 19 heavy (non-hydrogen) atoms. The third-order valence-electron chi connectivity index (χ3n) is 3.46. The van der Waals surface area contributed by atoms with Crippen molar-refractivity contribution in [1.82, 2.24) is 5.32 Å². The SMILES string of the molecule is CC(C)c1ccc(C(=O)NC2CCOCC2)c(Br)c1. The van der Waals surface area contributed by atoms with Crippen molar-refractivity contribution >= 4 is 21.8 Å². The molecule has 3 nitrogen and oxygen atoms in total.